The zero-order valence-electron chi connectivity index (χ0n) is 7.39. The molecule has 2 rings (SSSR count). The quantitative estimate of drug-likeness (QED) is 0.521. The number of hydrogen-bond acceptors (Lipinski definition) is 1. The Labute approximate surface area is 68.2 Å². The van der Waals surface area contributed by atoms with Gasteiger partial charge < -0.3 is 0 Å². The van der Waals surface area contributed by atoms with Crippen LogP contribution in [0.2, 0.25) is 0 Å². The van der Waals surface area contributed by atoms with E-state index in [1.165, 1.54) is 12.8 Å². The molecule has 0 aromatic rings. The second kappa shape index (κ2) is 2.09. The van der Waals surface area contributed by atoms with E-state index in [1.54, 1.807) is 0 Å². The highest BCUT2D eigenvalue weighted by Gasteiger charge is 2.45. The summed E-state index contributed by atoms with van der Waals surface area (Å²) in [5.74, 6) is 1.74. The molecule has 0 aliphatic heterocycles. The highest BCUT2D eigenvalue weighted by Crippen LogP contribution is 2.50. The molecule has 0 radical (unpaired) electrons. The minimum absolute atomic E-state index is 0.449. The van der Waals surface area contributed by atoms with Crippen LogP contribution >= 0.6 is 0 Å². The monoisotopic (exact) mass is 152 g/mol. The summed E-state index contributed by atoms with van der Waals surface area (Å²) in [6.45, 7) is 4.58. The summed E-state index contributed by atoms with van der Waals surface area (Å²) in [6, 6.07) is 0. The number of rotatable bonds is 0. The van der Waals surface area contributed by atoms with Crippen molar-refractivity contribution in [2.75, 3.05) is 0 Å². The number of ketones is 1. The molecule has 2 aliphatic rings. The summed E-state index contributed by atoms with van der Waals surface area (Å²) < 4.78 is 0. The maximum atomic E-state index is 11.3. The molecule has 1 heteroatoms. The third-order valence-electron chi connectivity index (χ3n) is 3.33. The minimum atomic E-state index is 0.449. The van der Waals surface area contributed by atoms with E-state index in [4.69, 9.17) is 0 Å². The van der Waals surface area contributed by atoms with E-state index in [2.05, 4.69) is 13.8 Å². The van der Waals surface area contributed by atoms with Crippen molar-refractivity contribution >= 4 is 5.78 Å². The standard InChI is InChI=1S/C10H16O/c1-10(2)5-7-3-4-9(11)8(7)6-10/h7-8H,3-6H2,1-2H3/t7-,8+/m1/s1. The normalized spacial score (nSPS) is 41.1. The summed E-state index contributed by atoms with van der Waals surface area (Å²) in [4.78, 5) is 11.3. The smallest absolute Gasteiger partial charge is 0.136 e. The van der Waals surface area contributed by atoms with Crippen molar-refractivity contribution in [3.63, 3.8) is 0 Å². The molecule has 0 aromatic carbocycles. The van der Waals surface area contributed by atoms with Gasteiger partial charge in [-0.25, -0.2) is 0 Å². The van der Waals surface area contributed by atoms with E-state index in [-0.39, 0.29) is 0 Å². The maximum absolute atomic E-state index is 11.3. The Balaban J connectivity index is 2.16. The van der Waals surface area contributed by atoms with Gasteiger partial charge in [-0.05, 0) is 30.6 Å². The predicted molar refractivity (Wildman–Crippen MR) is 44.2 cm³/mol. The number of hydrogen-bond donors (Lipinski definition) is 0. The summed E-state index contributed by atoms with van der Waals surface area (Å²) in [6.07, 6.45) is 4.47. The van der Waals surface area contributed by atoms with Crippen molar-refractivity contribution in [3.05, 3.63) is 0 Å². The first kappa shape index (κ1) is 7.33. The minimum Gasteiger partial charge on any atom is -0.299 e. The van der Waals surface area contributed by atoms with Crippen LogP contribution in [0.4, 0.5) is 0 Å². The molecule has 2 aliphatic carbocycles. The van der Waals surface area contributed by atoms with Gasteiger partial charge in [0, 0.05) is 12.3 Å². The van der Waals surface area contributed by atoms with E-state index >= 15 is 0 Å². The lowest BCUT2D eigenvalue weighted by molar-refractivity contribution is -0.121. The van der Waals surface area contributed by atoms with E-state index in [1.807, 2.05) is 0 Å². The molecule has 0 unspecified atom stereocenters. The maximum Gasteiger partial charge on any atom is 0.136 e. The predicted octanol–water partition coefficient (Wildman–Crippen LogP) is 2.40. The summed E-state index contributed by atoms with van der Waals surface area (Å²) >= 11 is 0. The lowest BCUT2D eigenvalue weighted by atomic mass is 9.88. The average Bonchev–Trinajstić information content (AvgIpc) is 2.31. The summed E-state index contributed by atoms with van der Waals surface area (Å²) in [5, 5.41) is 0. The molecule has 2 saturated carbocycles. The van der Waals surface area contributed by atoms with Crippen LogP contribution in [0.1, 0.15) is 39.5 Å². The van der Waals surface area contributed by atoms with Crippen molar-refractivity contribution in [2.24, 2.45) is 17.3 Å². The highest BCUT2D eigenvalue weighted by atomic mass is 16.1. The molecule has 0 heterocycles. The molecule has 0 amide bonds. The van der Waals surface area contributed by atoms with Gasteiger partial charge in [0.1, 0.15) is 5.78 Å². The third-order valence-corrected chi connectivity index (χ3v) is 3.33. The Morgan fingerprint density at radius 3 is 2.73 bits per heavy atom. The third kappa shape index (κ3) is 1.11. The molecule has 0 saturated heterocycles. The largest absolute Gasteiger partial charge is 0.299 e. The number of Topliss-reactive ketones (excluding diaryl/α,β-unsaturated/α-hetero) is 1. The summed E-state index contributed by atoms with van der Waals surface area (Å²) in [7, 11) is 0. The first-order valence-corrected chi connectivity index (χ1v) is 4.61. The molecule has 2 atom stereocenters. The van der Waals surface area contributed by atoms with Gasteiger partial charge in [-0.2, -0.15) is 0 Å². The van der Waals surface area contributed by atoms with Crippen molar-refractivity contribution in [1.82, 2.24) is 0 Å². The van der Waals surface area contributed by atoms with Gasteiger partial charge in [0.25, 0.3) is 0 Å². The zero-order valence-corrected chi connectivity index (χ0v) is 7.39. The van der Waals surface area contributed by atoms with Crippen LogP contribution in [0.15, 0.2) is 0 Å². The van der Waals surface area contributed by atoms with Crippen molar-refractivity contribution in [2.45, 2.75) is 39.5 Å². The van der Waals surface area contributed by atoms with Gasteiger partial charge in [-0.15, -0.1) is 0 Å². The molecule has 0 N–H and O–H groups in total. The topological polar surface area (TPSA) is 17.1 Å². The number of carbonyl (C=O) groups excluding carboxylic acids is 1. The number of fused-ring (bicyclic) bond motifs is 1. The van der Waals surface area contributed by atoms with Crippen molar-refractivity contribution < 1.29 is 4.79 Å². The molecule has 0 spiro atoms. The fourth-order valence-electron chi connectivity index (χ4n) is 2.89. The van der Waals surface area contributed by atoms with Crippen LogP contribution in [-0.4, -0.2) is 5.78 Å². The van der Waals surface area contributed by atoms with Crippen LogP contribution in [-0.2, 0) is 4.79 Å². The van der Waals surface area contributed by atoms with Gasteiger partial charge in [0.05, 0.1) is 0 Å². The average molecular weight is 152 g/mol. The van der Waals surface area contributed by atoms with Gasteiger partial charge in [0.2, 0.25) is 0 Å². The van der Waals surface area contributed by atoms with Gasteiger partial charge in [-0.3, -0.25) is 4.79 Å². The first-order valence-electron chi connectivity index (χ1n) is 4.61. The Kier molecular flexibility index (Phi) is 1.39. The van der Waals surface area contributed by atoms with Crippen LogP contribution in [0.5, 0.6) is 0 Å². The molecule has 1 nitrogen and oxygen atoms in total. The van der Waals surface area contributed by atoms with Gasteiger partial charge in [0.15, 0.2) is 0 Å². The van der Waals surface area contributed by atoms with Gasteiger partial charge in [-0.1, -0.05) is 13.8 Å². The zero-order chi connectivity index (χ0) is 8.06. The molecule has 0 aromatic heterocycles. The van der Waals surface area contributed by atoms with Crippen LogP contribution < -0.4 is 0 Å². The second-order valence-corrected chi connectivity index (χ2v) is 4.94. The lowest BCUT2D eigenvalue weighted by Crippen LogP contribution is -2.10. The van der Waals surface area contributed by atoms with Crippen LogP contribution in [0.25, 0.3) is 0 Å². The SMILES string of the molecule is CC1(C)C[C@H]2CCC(=O)[C@H]2C1. The lowest BCUT2D eigenvalue weighted by Gasteiger charge is -2.17. The molecule has 62 valence electrons. The Bertz CT molecular complexity index is 193. The van der Waals surface area contributed by atoms with Crippen molar-refractivity contribution in [1.29, 1.82) is 0 Å². The molecule has 2 fully saturated rings. The highest BCUT2D eigenvalue weighted by molar-refractivity contribution is 5.83. The number of carbonyl (C=O) groups is 1. The second-order valence-electron chi connectivity index (χ2n) is 4.94. The van der Waals surface area contributed by atoms with E-state index in [0.29, 0.717) is 17.1 Å². The van der Waals surface area contributed by atoms with Crippen molar-refractivity contribution in [3.8, 4) is 0 Å². The van der Waals surface area contributed by atoms with Crippen LogP contribution in [0, 0.1) is 17.3 Å². The van der Waals surface area contributed by atoms with E-state index < -0.39 is 0 Å². The fourth-order valence-corrected chi connectivity index (χ4v) is 2.89. The first-order chi connectivity index (χ1) is 5.08. The molecular formula is C10H16O. The Morgan fingerprint density at radius 2 is 2.09 bits per heavy atom. The Morgan fingerprint density at radius 1 is 1.36 bits per heavy atom. The van der Waals surface area contributed by atoms with Crippen LogP contribution in [0.3, 0.4) is 0 Å². The summed E-state index contributed by atoms with van der Waals surface area (Å²) in [5.41, 5.74) is 0.450. The molecule has 0 bridgehead atoms. The van der Waals surface area contributed by atoms with E-state index in [9.17, 15) is 4.79 Å². The van der Waals surface area contributed by atoms with Gasteiger partial charge >= 0.3 is 0 Å². The molecule has 11 heavy (non-hydrogen) atoms. The van der Waals surface area contributed by atoms with E-state index in [0.717, 1.165) is 18.8 Å². The molecular weight excluding hydrogens is 136 g/mol. The Hall–Kier alpha value is -0.330. The fraction of sp³-hybridized carbons (Fsp3) is 0.900.